The third kappa shape index (κ3) is 2.82. The first-order chi connectivity index (χ1) is 7.25. The molecule has 1 N–H and O–H groups in total. The number of benzene rings is 1. The van der Waals surface area contributed by atoms with Crippen LogP contribution in [-0.4, -0.2) is 6.54 Å². The van der Waals surface area contributed by atoms with E-state index in [9.17, 15) is 0 Å². The van der Waals surface area contributed by atoms with Gasteiger partial charge in [0.2, 0.25) is 0 Å². The van der Waals surface area contributed by atoms with Crippen molar-refractivity contribution in [3.05, 3.63) is 35.4 Å². The standard InChI is InChI=1S/C14H21N/c1-11-5-3-8-14(9-11)12(2)15-10-13-6-4-7-13/h3,5,8-9,12-13,15H,4,6-7,10H2,1-2H3/t12-/m1/s1. The van der Waals surface area contributed by atoms with Crippen molar-refractivity contribution in [3.63, 3.8) is 0 Å². The Hall–Kier alpha value is -0.820. The molecular formula is C14H21N. The minimum Gasteiger partial charge on any atom is -0.310 e. The predicted octanol–water partition coefficient (Wildman–Crippen LogP) is 3.45. The van der Waals surface area contributed by atoms with Gasteiger partial charge >= 0.3 is 0 Å². The average Bonchev–Trinajstić information content (AvgIpc) is 2.15. The van der Waals surface area contributed by atoms with Gasteiger partial charge in [-0.05, 0) is 44.7 Å². The quantitative estimate of drug-likeness (QED) is 0.790. The lowest BCUT2D eigenvalue weighted by molar-refractivity contribution is 0.292. The van der Waals surface area contributed by atoms with E-state index in [1.165, 1.54) is 36.9 Å². The zero-order chi connectivity index (χ0) is 10.7. The van der Waals surface area contributed by atoms with Crippen molar-refractivity contribution < 1.29 is 0 Å². The van der Waals surface area contributed by atoms with Gasteiger partial charge < -0.3 is 5.32 Å². The third-order valence-corrected chi connectivity index (χ3v) is 3.48. The third-order valence-electron chi connectivity index (χ3n) is 3.48. The van der Waals surface area contributed by atoms with Crippen molar-refractivity contribution in [3.8, 4) is 0 Å². The molecule has 82 valence electrons. The van der Waals surface area contributed by atoms with E-state index < -0.39 is 0 Å². The number of rotatable bonds is 4. The van der Waals surface area contributed by atoms with Crippen LogP contribution in [0.15, 0.2) is 24.3 Å². The molecule has 0 aromatic heterocycles. The van der Waals surface area contributed by atoms with Gasteiger partial charge in [0.1, 0.15) is 0 Å². The molecule has 1 aromatic carbocycles. The van der Waals surface area contributed by atoms with Gasteiger partial charge in [-0.25, -0.2) is 0 Å². The van der Waals surface area contributed by atoms with Crippen LogP contribution in [0.2, 0.25) is 0 Å². The van der Waals surface area contributed by atoms with E-state index in [1.54, 1.807) is 0 Å². The Morgan fingerprint density at radius 3 is 2.80 bits per heavy atom. The molecule has 0 aliphatic heterocycles. The molecule has 0 heterocycles. The summed E-state index contributed by atoms with van der Waals surface area (Å²) >= 11 is 0. The van der Waals surface area contributed by atoms with Crippen LogP contribution in [0.25, 0.3) is 0 Å². The topological polar surface area (TPSA) is 12.0 Å². The first kappa shape index (κ1) is 10.7. The van der Waals surface area contributed by atoms with Crippen molar-refractivity contribution in [1.29, 1.82) is 0 Å². The maximum Gasteiger partial charge on any atom is 0.0292 e. The molecule has 1 aliphatic rings. The van der Waals surface area contributed by atoms with E-state index in [2.05, 4.69) is 43.4 Å². The van der Waals surface area contributed by atoms with Gasteiger partial charge in [0.25, 0.3) is 0 Å². The van der Waals surface area contributed by atoms with Crippen molar-refractivity contribution in [1.82, 2.24) is 5.32 Å². The van der Waals surface area contributed by atoms with Crippen LogP contribution in [0.3, 0.4) is 0 Å². The second-order valence-corrected chi connectivity index (χ2v) is 4.84. The summed E-state index contributed by atoms with van der Waals surface area (Å²) in [7, 11) is 0. The van der Waals surface area contributed by atoms with Gasteiger partial charge in [-0.1, -0.05) is 36.2 Å². The van der Waals surface area contributed by atoms with Crippen molar-refractivity contribution in [2.75, 3.05) is 6.54 Å². The summed E-state index contributed by atoms with van der Waals surface area (Å²) in [6.45, 7) is 5.60. The van der Waals surface area contributed by atoms with Gasteiger partial charge in [0.05, 0.1) is 0 Å². The molecule has 1 saturated carbocycles. The summed E-state index contributed by atoms with van der Waals surface area (Å²) in [4.78, 5) is 0. The van der Waals surface area contributed by atoms with E-state index in [0.29, 0.717) is 6.04 Å². The molecule has 0 saturated heterocycles. The van der Waals surface area contributed by atoms with Crippen LogP contribution in [0.4, 0.5) is 0 Å². The largest absolute Gasteiger partial charge is 0.310 e. The molecular weight excluding hydrogens is 182 g/mol. The second kappa shape index (κ2) is 4.80. The summed E-state index contributed by atoms with van der Waals surface area (Å²) in [5.41, 5.74) is 2.76. The molecule has 1 fully saturated rings. The lowest BCUT2D eigenvalue weighted by atomic mass is 9.85. The van der Waals surface area contributed by atoms with E-state index in [1.807, 2.05) is 0 Å². The summed E-state index contributed by atoms with van der Waals surface area (Å²) < 4.78 is 0. The number of hydrogen-bond acceptors (Lipinski definition) is 1. The molecule has 2 rings (SSSR count). The highest BCUT2D eigenvalue weighted by molar-refractivity contribution is 5.24. The maximum absolute atomic E-state index is 3.63. The fourth-order valence-electron chi connectivity index (χ4n) is 2.10. The van der Waals surface area contributed by atoms with Gasteiger partial charge in [-0.3, -0.25) is 0 Å². The minimum absolute atomic E-state index is 0.491. The number of aryl methyl sites for hydroxylation is 1. The van der Waals surface area contributed by atoms with Crippen molar-refractivity contribution >= 4 is 0 Å². The highest BCUT2D eigenvalue weighted by atomic mass is 14.9. The maximum atomic E-state index is 3.63. The Kier molecular flexibility index (Phi) is 3.42. The molecule has 0 unspecified atom stereocenters. The van der Waals surface area contributed by atoms with Crippen LogP contribution >= 0.6 is 0 Å². The summed E-state index contributed by atoms with van der Waals surface area (Å²) in [5.74, 6) is 0.942. The molecule has 1 aromatic rings. The molecule has 0 radical (unpaired) electrons. The summed E-state index contributed by atoms with van der Waals surface area (Å²) in [6, 6.07) is 9.28. The normalized spacial score (nSPS) is 18.5. The highest BCUT2D eigenvalue weighted by Gasteiger charge is 2.17. The van der Waals surface area contributed by atoms with E-state index in [-0.39, 0.29) is 0 Å². The molecule has 15 heavy (non-hydrogen) atoms. The zero-order valence-electron chi connectivity index (χ0n) is 9.79. The second-order valence-electron chi connectivity index (χ2n) is 4.84. The smallest absolute Gasteiger partial charge is 0.0292 e. The molecule has 0 amide bonds. The Morgan fingerprint density at radius 2 is 2.20 bits per heavy atom. The Bertz CT molecular complexity index is 315. The molecule has 0 spiro atoms. The summed E-state index contributed by atoms with van der Waals surface area (Å²) in [6.07, 6.45) is 4.28. The average molecular weight is 203 g/mol. The van der Waals surface area contributed by atoms with E-state index in [0.717, 1.165) is 5.92 Å². The van der Waals surface area contributed by atoms with Crippen LogP contribution in [-0.2, 0) is 0 Å². The lowest BCUT2D eigenvalue weighted by Crippen LogP contribution is -2.29. The monoisotopic (exact) mass is 203 g/mol. The zero-order valence-corrected chi connectivity index (χ0v) is 9.79. The Labute approximate surface area is 92.9 Å². The Morgan fingerprint density at radius 1 is 1.40 bits per heavy atom. The van der Waals surface area contributed by atoms with Gasteiger partial charge in [-0.15, -0.1) is 0 Å². The van der Waals surface area contributed by atoms with Crippen molar-refractivity contribution in [2.45, 2.75) is 39.2 Å². The molecule has 1 aliphatic carbocycles. The summed E-state index contributed by atoms with van der Waals surface area (Å²) in [5, 5.41) is 3.63. The number of nitrogens with one attached hydrogen (secondary N) is 1. The minimum atomic E-state index is 0.491. The fraction of sp³-hybridized carbons (Fsp3) is 0.571. The first-order valence-electron chi connectivity index (χ1n) is 6.05. The van der Waals surface area contributed by atoms with Crippen LogP contribution in [0, 0.1) is 12.8 Å². The molecule has 0 bridgehead atoms. The SMILES string of the molecule is Cc1cccc([C@@H](C)NCC2CCC2)c1. The number of hydrogen-bond donors (Lipinski definition) is 1. The fourth-order valence-corrected chi connectivity index (χ4v) is 2.10. The first-order valence-corrected chi connectivity index (χ1v) is 6.05. The predicted molar refractivity (Wildman–Crippen MR) is 64.9 cm³/mol. The lowest BCUT2D eigenvalue weighted by Gasteiger charge is -2.27. The highest BCUT2D eigenvalue weighted by Crippen LogP contribution is 2.26. The van der Waals surface area contributed by atoms with E-state index >= 15 is 0 Å². The molecule has 1 heteroatoms. The van der Waals surface area contributed by atoms with E-state index in [4.69, 9.17) is 0 Å². The molecule has 1 nitrogen and oxygen atoms in total. The Balaban J connectivity index is 1.86. The van der Waals surface area contributed by atoms with Crippen LogP contribution in [0.5, 0.6) is 0 Å². The van der Waals surface area contributed by atoms with Gasteiger partial charge in [-0.2, -0.15) is 0 Å². The van der Waals surface area contributed by atoms with Gasteiger partial charge in [0, 0.05) is 6.04 Å². The van der Waals surface area contributed by atoms with Gasteiger partial charge in [0.15, 0.2) is 0 Å². The van der Waals surface area contributed by atoms with Crippen LogP contribution in [0.1, 0.15) is 43.4 Å². The van der Waals surface area contributed by atoms with Crippen molar-refractivity contribution in [2.24, 2.45) is 5.92 Å². The van der Waals surface area contributed by atoms with Crippen LogP contribution < -0.4 is 5.32 Å². The molecule has 1 atom stereocenters.